The lowest BCUT2D eigenvalue weighted by Gasteiger charge is -2.17. The van der Waals surface area contributed by atoms with Crippen LogP contribution in [-0.4, -0.2) is 28.1 Å². The summed E-state index contributed by atoms with van der Waals surface area (Å²) >= 11 is 0. The molecule has 3 rings (SSSR count). The van der Waals surface area contributed by atoms with Crippen molar-refractivity contribution in [3.05, 3.63) is 82.6 Å². The minimum Gasteiger partial charge on any atom is -0.425 e. The molecule has 1 amide bonds. The molecule has 0 bridgehead atoms. The number of aromatic nitrogens is 2. The Balaban J connectivity index is 1.50. The number of nitrogens with zero attached hydrogens (tertiary/aromatic N) is 3. The average Bonchev–Trinajstić information content (AvgIpc) is 3.09. The highest BCUT2D eigenvalue weighted by Crippen LogP contribution is 2.12. The molecule has 2 aromatic carbocycles. The smallest absolute Gasteiger partial charge is 0.223 e. The van der Waals surface area contributed by atoms with E-state index in [4.69, 9.17) is 4.42 Å². The van der Waals surface area contributed by atoms with E-state index in [2.05, 4.69) is 60.4 Å². The van der Waals surface area contributed by atoms with E-state index in [1.807, 2.05) is 19.2 Å². The van der Waals surface area contributed by atoms with Gasteiger partial charge in [0.1, 0.15) is 0 Å². The fourth-order valence-electron chi connectivity index (χ4n) is 2.92. The van der Waals surface area contributed by atoms with Crippen LogP contribution in [0.4, 0.5) is 0 Å². The summed E-state index contributed by atoms with van der Waals surface area (Å²) in [4.78, 5) is 14.1. The molecule has 0 aliphatic heterocycles. The Morgan fingerprint density at radius 1 is 0.963 bits per heavy atom. The van der Waals surface area contributed by atoms with E-state index in [9.17, 15) is 4.79 Å². The topological polar surface area (TPSA) is 59.2 Å². The van der Waals surface area contributed by atoms with Crippen molar-refractivity contribution in [3.8, 4) is 0 Å². The average molecular weight is 363 g/mol. The van der Waals surface area contributed by atoms with Crippen molar-refractivity contribution >= 4 is 5.91 Å². The van der Waals surface area contributed by atoms with Gasteiger partial charge in [-0.05, 0) is 25.0 Å². The Hall–Kier alpha value is -2.95. The van der Waals surface area contributed by atoms with Crippen molar-refractivity contribution < 1.29 is 9.21 Å². The highest BCUT2D eigenvalue weighted by molar-refractivity contribution is 5.76. The summed E-state index contributed by atoms with van der Waals surface area (Å²) in [6.07, 6.45) is 1.42. The maximum absolute atomic E-state index is 12.4. The third-order valence-electron chi connectivity index (χ3n) is 4.47. The molecule has 5 nitrogen and oxygen atoms in total. The number of carbonyl (C=O) groups excluding carboxylic acids is 1. The lowest BCUT2D eigenvalue weighted by atomic mass is 10.1. The fraction of sp³-hybridized carbons (Fsp3) is 0.318. The van der Waals surface area contributed by atoms with Crippen LogP contribution in [0, 0.1) is 13.8 Å². The van der Waals surface area contributed by atoms with E-state index in [1.54, 1.807) is 4.90 Å². The van der Waals surface area contributed by atoms with Crippen LogP contribution < -0.4 is 0 Å². The first-order valence-electron chi connectivity index (χ1n) is 9.16. The number of aryl methyl sites for hydroxylation is 3. The van der Waals surface area contributed by atoms with Gasteiger partial charge in [-0.3, -0.25) is 4.79 Å². The van der Waals surface area contributed by atoms with Crippen molar-refractivity contribution in [2.24, 2.45) is 0 Å². The van der Waals surface area contributed by atoms with E-state index in [0.29, 0.717) is 37.6 Å². The molecule has 0 aliphatic carbocycles. The van der Waals surface area contributed by atoms with Crippen molar-refractivity contribution in [2.75, 3.05) is 7.05 Å². The molecule has 27 heavy (non-hydrogen) atoms. The van der Waals surface area contributed by atoms with Gasteiger partial charge in [0.15, 0.2) is 0 Å². The van der Waals surface area contributed by atoms with E-state index < -0.39 is 0 Å². The summed E-state index contributed by atoms with van der Waals surface area (Å²) in [7, 11) is 1.82. The van der Waals surface area contributed by atoms with Crippen molar-refractivity contribution in [2.45, 2.75) is 39.7 Å². The van der Waals surface area contributed by atoms with Gasteiger partial charge in [-0.2, -0.15) is 0 Å². The van der Waals surface area contributed by atoms with Crippen LogP contribution in [-0.2, 0) is 24.2 Å². The zero-order chi connectivity index (χ0) is 19.2. The number of rotatable bonds is 7. The molecule has 0 aliphatic rings. The molecule has 0 unspecified atom stereocenters. The second-order valence-corrected chi connectivity index (χ2v) is 6.99. The van der Waals surface area contributed by atoms with Gasteiger partial charge >= 0.3 is 0 Å². The summed E-state index contributed by atoms with van der Waals surface area (Å²) in [6.45, 7) is 4.71. The molecule has 5 heteroatoms. The number of amides is 1. The van der Waals surface area contributed by atoms with Crippen molar-refractivity contribution in [3.63, 3.8) is 0 Å². The van der Waals surface area contributed by atoms with Crippen LogP contribution in [0.25, 0.3) is 0 Å². The van der Waals surface area contributed by atoms with Crippen molar-refractivity contribution in [1.82, 2.24) is 15.1 Å². The Morgan fingerprint density at radius 2 is 1.70 bits per heavy atom. The highest BCUT2D eigenvalue weighted by atomic mass is 16.4. The van der Waals surface area contributed by atoms with E-state index in [1.165, 1.54) is 11.1 Å². The van der Waals surface area contributed by atoms with Crippen LogP contribution in [0.15, 0.2) is 52.9 Å². The first-order chi connectivity index (χ1) is 13.0. The molecule has 0 saturated heterocycles. The number of benzene rings is 2. The number of carbonyl (C=O) groups is 1. The number of hydrogen-bond donors (Lipinski definition) is 0. The lowest BCUT2D eigenvalue weighted by molar-refractivity contribution is -0.130. The van der Waals surface area contributed by atoms with Gasteiger partial charge in [0.2, 0.25) is 17.7 Å². The first-order valence-corrected chi connectivity index (χ1v) is 9.16. The second kappa shape index (κ2) is 8.62. The summed E-state index contributed by atoms with van der Waals surface area (Å²) in [5.74, 6) is 1.15. The molecule has 0 radical (unpaired) electrons. The maximum Gasteiger partial charge on any atom is 0.223 e. The number of hydrogen-bond acceptors (Lipinski definition) is 4. The standard InChI is InChI=1S/C22H25N3O2/c1-16-7-9-18(10-8-16)15-25(3)22(26)12-11-20-23-24-21(27-20)14-19-6-4-5-17(2)13-19/h4-10,13H,11-12,14-15H2,1-3H3. The van der Waals surface area contributed by atoms with E-state index in [-0.39, 0.29) is 5.91 Å². The summed E-state index contributed by atoms with van der Waals surface area (Å²) in [6, 6.07) is 16.4. The van der Waals surface area contributed by atoms with Gasteiger partial charge in [0.25, 0.3) is 0 Å². The Bertz CT molecular complexity index is 900. The van der Waals surface area contributed by atoms with Gasteiger partial charge < -0.3 is 9.32 Å². The molecule has 3 aromatic rings. The molecule has 0 atom stereocenters. The SMILES string of the molecule is Cc1ccc(CN(C)C(=O)CCc2nnc(Cc3cccc(C)c3)o2)cc1. The van der Waals surface area contributed by atoms with Gasteiger partial charge in [-0.15, -0.1) is 10.2 Å². The molecule has 1 aromatic heterocycles. The minimum atomic E-state index is 0.0639. The van der Waals surface area contributed by atoms with Crippen LogP contribution in [0.2, 0.25) is 0 Å². The van der Waals surface area contributed by atoms with E-state index in [0.717, 1.165) is 11.1 Å². The van der Waals surface area contributed by atoms with Gasteiger partial charge in [-0.1, -0.05) is 59.7 Å². The molecule has 0 spiro atoms. The zero-order valence-electron chi connectivity index (χ0n) is 16.1. The third-order valence-corrected chi connectivity index (χ3v) is 4.47. The monoisotopic (exact) mass is 363 g/mol. The summed E-state index contributed by atoms with van der Waals surface area (Å²) in [5, 5.41) is 8.17. The van der Waals surface area contributed by atoms with Gasteiger partial charge in [0, 0.05) is 26.4 Å². The molecule has 0 N–H and O–H groups in total. The Labute approximate surface area is 160 Å². The maximum atomic E-state index is 12.4. The van der Waals surface area contributed by atoms with Gasteiger partial charge in [0.05, 0.1) is 6.42 Å². The molecule has 140 valence electrons. The van der Waals surface area contributed by atoms with Crippen LogP contribution in [0.3, 0.4) is 0 Å². The molecule has 0 fully saturated rings. The third kappa shape index (κ3) is 5.51. The first kappa shape index (κ1) is 18.8. The van der Waals surface area contributed by atoms with Crippen LogP contribution in [0.1, 0.15) is 40.5 Å². The summed E-state index contributed by atoms with van der Waals surface area (Å²) in [5.41, 5.74) is 4.67. The Morgan fingerprint density at radius 3 is 2.44 bits per heavy atom. The molecule has 1 heterocycles. The van der Waals surface area contributed by atoms with Gasteiger partial charge in [-0.25, -0.2) is 0 Å². The minimum absolute atomic E-state index is 0.0639. The Kier molecular flexibility index (Phi) is 6.01. The normalized spacial score (nSPS) is 10.8. The molecule has 0 saturated carbocycles. The zero-order valence-corrected chi connectivity index (χ0v) is 16.1. The predicted molar refractivity (Wildman–Crippen MR) is 104 cm³/mol. The lowest BCUT2D eigenvalue weighted by Crippen LogP contribution is -2.26. The second-order valence-electron chi connectivity index (χ2n) is 6.99. The van der Waals surface area contributed by atoms with Crippen LogP contribution >= 0.6 is 0 Å². The highest BCUT2D eigenvalue weighted by Gasteiger charge is 2.13. The van der Waals surface area contributed by atoms with Crippen molar-refractivity contribution in [1.29, 1.82) is 0 Å². The van der Waals surface area contributed by atoms with Crippen LogP contribution in [0.5, 0.6) is 0 Å². The largest absolute Gasteiger partial charge is 0.425 e. The fourth-order valence-corrected chi connectivity index (χ4v) is 2.92. The van der Waals surface area contributed by atoms with E-state index >= 15 is 0 Å². The quantitative estimate of drug-likeness (QED) is 0.639. The summed E-state index contributed by atoms with van der Waals surface area (Å²) < 4.78 is 5.70. The molecular formula is C22H25N3O2. The predicted octanol–water partition coefficient (Wildman–Crippen LogP) is 3.87. The molecular weight excluding hydrogens is 338 g/mol.